The lowest BCUT2D eigenvalue weighted by atomic mass is 9.81. The van der Waals surface area contributed by atoms with E-state index in [2.05, 4.69) is 36.8 Å². The van der Waals surface area contributed by atoms with Crippen LogP contribution >= 0.6 is 15.9 Å². The Labute approximate surface area is 287 Å². The van der Waals surface area contributed by atoms with Crippen molar-refractivity contribution in [1.82, 2.24) is 10.9 Å². The average Bonchev–Trinajstić information content (AvgIpc) is 3.49. The minimum atomic E-state index is -1.52. The number of azide groups is 1. The van der Waals surface area contributed by atoms with E-state index in [1.54, 1.807) is 24.3 Å². The number of hydrazine groups is 1. The number of rotatable bonds is 16. The molecule has 1 aliphatic heterocycles. The molecule has 5 rings (SSSR count). The van der Waals surface area contributed by atoms with Gasteiger partial charge in [0.15, 0.2) is 11.6 Å². The summed E-state index contributed by atoms with van der Waals surface area (Å²) in [6, 6.07) is 29.7. The number of halogens is 1. The van der Waals surface area contributed by atoms with Gasteiger partial charge in [0.2, 0.25) is 5.90 Å². The maximum Gasteiger partial charge on any atom is 0.266 e. The molecule has 0 aliphatic carbocycles. The Morgan fingerprint density at radius 1 is 1.02 bits per heavy atom. The van der Waals surface area contributed by atoms with Crippen LogP contribution in [-0.4, -0.2) is 48.8 Å². The number of ether oxygens (including phenoxy) is 3. The van der Waals surface area contributed by atoms with Gasteiger partial charge in [0.05, 0.1) is 13.2 Å². The molecule has 48 heavy (non-hydrogen) atoms. The number of hydrogen-bond acceptors (Lipinski definition) is 8. The third-order valence-electron chi connectivity index (χ3n) is 7.82. The molecule has 0 saturated heterocycles. The molecule has 0 saturated carbocycles. The van der Waals surface area contributed by atoms with Gasteiger partial charge in [-0.25, -0.2) is 10.4 Å². The number of nitrogens with zero attached hydrogens (tertiary/aromatic N) is 4. The van der Waals surface area contributed by atoms with Gasteiger partial charge in [0, 0.05) is 52.2 Å². The summed E-state index contributed by atoms with van der Waals surface area (Å²) < 4.78 is 18.8. The zero-order valence-electron chi connectivity index (χ0n) is 26.5. The summed E-state index contributed by atoms with van der Waals surface area (Å²) in [5.74, 6) is 1.29. The molecule has 1 aliphatic rings. The Bertz CT molecular complexity index is 1780. The van der Waals surface area contributed by atoms with Crippen LogP contribution in [0.2, 0.25) is 0 Å². The van der Waals surface area contributed by atoms with Gasteiger partial charge in [-0.05, 0) is 66.4 Å². The summed E-state index contributed by atoms with van der Waals surface area (Å²) >= 11 is 3.67. The first-order valence-corrected chi connectivity index (χ1v) is 16.5. The Hall–Kier alpha value is -4.87. The number of aliphatic imine (C=N–C) groups is 1. The molecule has 0 unspecified atom stereocenters. The van der Waals surface area contributed by atoms with Gasteiger partial charge >= 0.3 is 0 Å². The highest BCUT2D eigenvalue weighted by Gasteiger charge is 2.54. The molecule has 1 heterocycles. The fourth-order valence-electron chi connectivity index (χ4n) is 5.50. The molecule has 1 amide bonds. The number of amides is 1. The monoisotopic (exact) mass is 712 g/mol. The van der Waals surface area contributed by atoms with Crippen molar-refractivity contribution in [3.63, 3.8) is 0 Å². The van der Waals surface area contributed by atoms with E-state index in [1.165, 1.54) is 0 Å². The maximum absolute atomic E-state index is 14.5. The molecule has 2 atom stereocenters. The van der Waals surface area contributed by atoms with Gasteiger partial charge in [-0.2, -0.15) is 0 Å². The molecule has 0 spiro atoms. The second kappa shape index (κ2) is 16.8. The van der Waals surface area contributed by atoms with Crippen LogP contribution in [0.1, 0.15) is 41.7 Å². The normalized spacial score (nSPS) is 16.7. The Kier molecular flexibility index (Phi) is 12.1. The largest absolute Gasteiger partial charge is 0.494 e. The highest BCUT2D eigenvalue weighted by Crippen LogP contribution is 2.45. The number of para-hydroxylation sites is 1. The first-order chi connectivity index (χ1) is 23.5. The molecule has 3 N–H and O–H groups in total. The second-order valence-electron chi connectivity index (χ2n) is 11.0. The van der Waals surface area contributed by atoms with E-state index in [9.17, 15) is 10.3 Å². The lowest BCUT2D eigenvalue weighted by Gasteiger charge is -2.31. The molecule has 11 nitrogen and oxygen atoms in total. The van der Waals surface area contributed by atoms with E-state index in [0.717, 1.165) is 21.3 Å². The van der Waals surface area contributed by atoms with Crippen molar-refractivity contribution in [1.29, 1.82) is 0 Å². The molecular weight excluding hydrogens is 676 g/mol. The van der Waals surface area contributed by atoms with Gasteiger partial charge in [-0.1, -0.05) is 81.7 Å². The van der Waals surface area contributed by atoms with Crippen LogP contribution in [0.15, 0.2) is 112 Å². The first-order valence-electron chi connectivity index (χ1n) is 15.7. The summed E-state index contributed by atoms with van der Waals surface area (Å²) in [4.78, 5) is 22.6. The Morgan fingerprint density at radius 3 is 2.50 bits per heavy atom. The summed E-state index contributed by atoms with van der Waals surface area (Å²) in [5.41, 5.74) is 17.2. The number of benzene rings is 4. The van der Waals surface area contributed by atoms with Crippen molar-refractivity contribution in [2.45, 2.75) is 37.8 Å². The van der Waals surface area contributed by atoms with Crippen LogP contribution in [0.4, 0.5) is 5.69 Å². The molecule has 0 bridgehead atoms. The molecule has 4 aromatic carbocycles. The zero-order chi connectivity index (χ0) is 33.8. The van der Waals surface area contributed by atoms with Gasteiger partial charge in [-0.3, -0.25) is 10.2 Å². The van der Waals surface area contributed by atoms with Crippen LogP contribution in [0, 0.1) is 0 Å². The number of nitrogens with one attached hydrogen (secondary N) is 2. The van der Waals surface area contributed by atoms with E-state index in [0.29, 0.717) is 55.2 Å². The van der Waals surface area contributed by atoms with Crippen LogP contribution in [0.25, 0.3) is 10.4 Å². The van der Waals surface area contributed by atoms with E-state index < -0.39 is 17.6 Å². The number of aliphatic hydroxyl groups is 1. The molecule has 248 valence electrons. The minimum Gasteiger partial charge on any atom is -0.494 e. The molecular formula is C36H37BrN6O5. The van der Waals surface area contributed by atoms with Crippen LogP contribution in [0.5, 0.6) is 11.5 Å². The fraction of sp³-hybridized carbons (Fsp3) is 0.278. The number of carbonyl (C=O) groups excluding carboxylic acids is 1. The third-order valence-corrected chi connectivity index (χ3v) is 8.54. The quantitative estimate of drug-likeness (QED) is 0.0378. The highest BCUT2D eigenvalue weighted by molar-refractivity contribution is 9.10. The van der Waals surface area contributed by atoms with Crippen LogP contribution in [-0.2, 0) is 22.4 Å². The van der Waals surface area contributed by atoms with E-state index in [-0.39, 0.29) is 18.9 Å². The minimum absolute atomic E-state index is 0.0432. The van der Waals surface area contributed by atoms with E-state index in [1.807, 2.05) is 79.7 Å². The fourth-order valence-corrected chi connectivity index (χ4v) is 5.99. The number of carbonyl (C=O) groups is 1. The lowest BCUT2D eigenvalue weighted by Crippen LogP contribution is -2.54. The third kappa shape index (κ3) is 8.15. The van der Waals surface area contributed by atoms with E-state index >= 15 is 0 Å². The second-order valence-corrected chi connectivity index (χ2v) is 11.8. The van der Waals surface area contributed by atoms with Crippen molar-refractivity contribution in [3.05, 3.63) is 134 Å². The molecule has 4 aromatic rings. The number of aliphatic hydroxyl groups excluding tert-OH is 1. The predicted molar refractivity (Wildman–Crippen MR) is 187 cm³/mol. The number of hydrogen-bond donors (Lipinski definition) is 3. The van der Waals surface area contributed by atoms with Crippen molar-refractivity contribution in [2.24, 2.45) is 10.1 Å². The maximum atomic E-state index is 14.5. The van der Waals surface area contributed by atoms with Gasteiger partial charge < -0.3 is 19.3 Å². The van der Waals surface area contributed by atoms with Gasteiger partial charge in [-0.15, -0.1) is 0 Å². The lowest BCUT2D eigenvalue weighted by molar-refractivity contribution is -0.130. The smallest absolute Gasteiger partial charge is 0.266 e. The van der Waals surface area contributed by atoms with Crippen LogP contribution in [0.3, 0.4) is 0 Å². The Balaban J connectivity index is 1.51. The summed E-state index contributed by atoms with van der Waals surface area (Å²) in [7, 11) is 0. The summed E-state index contributed by atoms with van der Waals surface area (Å²) in [5, 5.41) is 13.0. The summed E-state index contributed by atoms with van der Waals surface area (Å²) in [6.07, 6.45) is 0.339. The van der Waals surface area contributed by atoms with Crippen molar-refractivity contribution in [2.75, 3.05) is 26.4 Å². The topological polar surface area (TPSA) is 150 Å². The molecule has 0 aromatic heterocycles. The molecule has 0 radical (unpaired) electrons. The van der Waals surface area contributed by atoms with Crippen molar-refractivity contribution in [3.8, 4) is 11.5 Å². The Morgan fingerprint density at radius 2 is 1.75 bits per heavy atom. The molecule has 0 fully saturated rings. The first kappa shape index (κ1) is 34.5. The van der Waals surface area contributed by atoms with Crippen LogP contribution < -0.4 is 20.3 Å². The SMILES string of the molecule is CCOc1ccccc1CCNNC(=O)[C@@]1(Cc2ccccc2N=[N+]=[N-])N=C(c2ccc(OCCCO)cc2)O[C@H]1c1ccccc1Br. The molecule has 12 heteroatoms. The van der Waals surface area contributed by atoms with E-state index in [4.69, 9.17) is 24.3 Å². The zero-order valence-corrected chi connectivity index (χ0v) is 28.1. The summed E-state index contributed by atoms with van der Waals surface area (Å²) in [6.45, 7) is 3.35. The van der Waals surface area contributed by atoms with Crippen molar-refractivity contribution >= 4 is 33.4 Å². The average molecular weight is 714 g/mol. The predicted octanol–water partition coefficient (Wildman–Crippen LogP) is 6.91. The van der Waals surface area contributed by atoms with Crippen molar-refractivity contribution < 1.29 is 24.1 Å². The standard InChI is InChI=1S/C36H37BrN6O5/c1-2-46-32-15-8-4-10-25(32)20-21-39-42-35(45)36(24-27-11-3-7-14-31(27)41-43-38)33(29-12-5-6-13-30(29)37)48-34(40-36)26-16-18-28(19-17-26)47-23-9-22-44/h3-8,10-19,33,39,44H,2,9,20-24H2,1H3,(H,42,45)/t33-,36-/m0/s1. The van der Waals surface area contributed by atoms with Gasteiger partial charge in [0.1, 0.15) is 11.5 Å². The highest BCUT2D eigenvalue weighted by atomic mass is 79.9. The van der Waals surface area contributed by atoms with Gasteiger partial charge in [0.25, 0.3) is 5.91 Å².